The molecule has 0 aliphatic carbocycles. The molecular weight excluding hydrogens is 338 g/mol. The molecule has 25 heavy (non-hydrogen) atoms. The van der Waals surface area contributed by atoms with Crippen LogP contribution in [-0.2, 0) is 9.53 Å². The summed E-state index contributed by atoms with van der Waals surface area (Å²) < 4.78 is 5.47. The Balaban J connectivity index is 1.65. The third-order valence-corrected chi connectivity index (χ3v) is 5.46. The number of anilines is 2. The summed E-state index contributed by atoms with van der Waals surface area (Å²) in [5.74, 6) is 0.132. The third-order valence-electron chi connectivity index (χ3n) is 5.23. The highest BCUT2D eigenvalue weighted by Gasteiger charge is 2.31. The van der Waals surface area contributed by atoms with Crippen molar-refractivity contribution >= 4 is 28.9 Å². The Labute approximate surface area is 155 Å². The molecule has 0 radical (unpaired) electrons. The van der Waals surface area contributed by atoms with Crippen LogP contribution in [-0.4, -0.2) is 57.2 Å². The maximum absolute atomic E-state index is 12.9. The molecule has 1 atom stereocenters. The Hall–Kier alpha value is -1.30. The van der Waals surface area contributed by atoms with Crippen LogP contribution in [0.25, 0.3) is 0 Å². The molecule has 1 N–H and O–H groups in total. The van der Waals surface area contributed by atoms with Crippen LogP contribution in [0.5, 0.6) is 0 Å². The number of ether oxygens (including phenoxy) is 1. The number of hydrogen-bond acceptors (Lipinski definition) is 4. The maximum atomic E-state index is 12.9. The second-order valence-electron chi connectivity index (χ2n) is 7.22. The summed E-state index contributed by atoms with van der Waals surface area (Å²) >= 11 is 6.13. The van der Waals surface area contributed by atoms with Crippen molar-refractivity contribution in [1.82, 2.24) is 4.90 Å². The number of amides is 1. The lowest BCUT2D eigenvalue weighted by molar-refractivity contribution is -0.122. The van der Waals surface area contributed by atoms with Crippen LogP contribution in [0, 0.1) is 5.92 Å². The molecule has 1 aromatic rings. The van der Waals surface area contributed by atoms with E-state index in [9.17, 15) is 4.79 Å². The van der Waals surface area contributed by atoms with Crippen LogP contribution >= 0.6 is 11.6 Å². The molecule has 1 unspecified atom stereocenters. The van der Waals surface area contributed by atoms with Crippen molar-refractivity contribution in [1.29, 1.82) is 0 Å². The number of piperidine rings is 1. The van der Waals surface area contributed by atoms with Gasteiger partial charge in [0.25, 0.3) is 0 Å². The quantitative estimate of drug-likeness (QED) is 0.889. The van der Waals surface area contributed by atoms with E-state index in [2.05, 4.69) is 10.2 Å². The Morgan fingerprint density at radius 1 is 1.28 bits per heavy atom. The smallest absolute Gasteiger partial charge is 0.228 e. The fourth-order valence-corrected chi connectivity index (χ4v) is 4.01. The van der Waals surface area contributed by atoms with Gasteiger partial charge >= 0.3 is 0 Å². The van der Waals surface area contributed by atoms with Gasteiger partial charge in [-0.25, -0.2) is 0 Å². The van der Waals surface area contributed by atoms with Crippen LogP contribution < -0.4 is 10.2 Å². The van der Waals surface area contributed by atoms with Gasteiger partial charge in [-0.15, -0.1) is 0 Å². The van der Waals surface area contributed by atoms with E-state index in [-0.39, 0.29) is 11.8 Å². The van der Waals surface area contributed by atoms with E-state index in [1.54, 1.807) is 0 Å². The molecule has 2 aliphatic rings. The Morgan fingerprint density at radius 2 is 2.04 bits per heavy atom. The fourth-order valence-electron chi connectivity index (χ4n) is 3.84. The van der Waals surface area contributed by atoms with E-state index >= 15 is 0 Å². The van der Waals surface area contributed by atoms with E-state index in [1.807, 2.05) is 37.2 Å². The van der Waals surface area contributed by atoms with Gasteiger partial charge in [0.2, 0.25) is 5.91 Å². The van der Waals surface area contributed by atoms with Gasteiger partial charge in [0.05, 0.1) is 17.3 Å². The van der Waals surface area contributed by atoms with Gasteiger partial charge in [0.15, 0.2) is 0 Å². The SMILES string of the molecule is CN(C)c1ccc(Cl)cc1NC(=O)C1CCCN(C2CCOCC2)C1. The number of likely N-dealkylation sites (tertiary alicyclic amines) is 1. The Bertz CT molecular complexity index is 602. The molecule has 5 nitrogen and oxygen atoms in total. The number of hydrogen-bond donors (Lipinski definition) is 1. The van der Waals surface area contributed by atoms with E-state index in [4.69, 9.17) is 16.3 Å². The normalized spacial score (nSPS) is 22.6. The lowest BCUT2D eigenvalue weighted by Gasteiger charge is -2.39. The summed E-state index contributed by atoms with van der Waals surface area (Å²) in [7, 11) is 3.93. The van der Waals surface area contributed by atoms with E-state index < -0.39 is 0 Å². The van der Waals surface area contributed by atoms with Crippen molar-refractivity contribution in [2.75, 3.05) is 50.6 Å². The zero-order valence-corrected chi connectivity index (χ0v) is 15.9. The van der Waals surface area contributed by atoms with Crippen LogP contribution in [0.1, 0.15) is 25.7 Å². The van der Waals surface area contributed by atoms with Crippen LogP contribution in [0.4, 0.5) is 11.4 Å². The molecule has 2 aliphatic heterocycles. The summed E-state index contributed by atoms with van der Waals surface area (Å²) in [5.41, 5.74) is 1.75. The van der Waals surface area contributed by atoms with Crippen molar-refractivity contribution in [3.63, 3.8) is 0 Å². The lowest BCUT2D eigenvalue weighted by Crippen LogP contribution is -2.47. The van der Waals surface area contributed by atoms with Gasteiger partial charge in [-0.3, -0.25) is 9.69 Å². The number of carbonyl (C=O) groups excluding carboxylic acids is 1. The molecule has 0 aromatic heterocycles. The zero-order chi connectivity index (χ0) is 17.8. The van der Waals surface area contributed by atoms with Gasteiger partial charge in [0.1, 0.15) is 0 Å². The predicted molar refractivity (Wildman–Crippen MR) is 103 cm³/mol. The first-order chi connectivity index (χ1) is 12.0. The first-order valence-corrected chi connectivity index (χ1v) is 9.52. The lowest BCUT2D eigenvalue weighted by atomic mass is 9.94. The molecule has 138 valence electrons. The molecule has 1 amide bonds. The van der Waals surface area contributed by atoms with E-state index in [1.165, 1.54) is 0 Å². The number of rotatable bonds is 4. The fraction of sp³-hybridized carbons (Fsp3) is 0.632. The van der Waals surface area contributed by atoms with Crippen LogP contribution in [0.2, 0.25) is 5.02 Å². The second-order valence-corrected chi connectivity index (χ2v) is 7.66. The minimum absolute atomic E-state index is 0.0330. The van der Waals surface area contributed by atoms with Gasteiger partial charge in [-0.05, 0) is 50.4 Å². The average molecular weight is 366 g/mol. The van der Waals surface area contributed by atoms with Crippen molar-refractivity contribution in [2.24, 2.45) is 5.92 Å². The summed E-state index contributed by atoms with van der Waals surface area (Å²) in [6.45, 7) is 3.61. The van der Waals surface area contributed by atoms with Gasteiger partial charge in [-0.1, -0.05) is 11.6 Å². The number of halogens is 1. The second kappa shape index (κ2) is 8.39. The number of nitrogens with one attached hydrogen (secondary N) is 1. The minimum Gasteiger partial charge on any atom is -0.381 e. The molecule has 3 rings (SSSR count). The Kier molecular flexibility index (Phi) is 6.20. The molecule has 0 bridgehead atoms. The number of benzene rings is 1. The molecule has 2 heterocycles. The maximum Gasteiger partial charge on any atom is 0.228 e. The first-order valence-electron chi connectivity index (χ1n) is 9.14. The number of carbonyl (C=O) groups is 1. The standard InChI is InChI=1S/C19H28ClN3O2/c1-22(2)18-6-5-15(20)12-17(18)21-19(24)14-4-3-9-23(13-14)16-7-10-25-11-8-16/h5-6,12,14,16H,3-4,7-11,13H2,1-2H3,(H,21,24). The summed E-state index contributed by atoms with van der Waals surface area (Å²) in [6.07, 6.45) is 4.18. The molecular formula is C19H28ClN3O2. The average Bonchev–Trinajstić information content (AvgIpc) is 2.62. The molecule has 6 heteroatoms. The zero-order valence-electron chi connectivity index (χ0n) is 15.1. The summed E-state index contributed by atoms with van der Waals surface area (Å²) in [4.78, 5) is 17.3. The minimum atomic E-state index is 0.0330. The highest BCUT2D eigenvalue weighted by atomic mass is 35.5. The van der Waals surface area contributed by atoms with Crippen LogP contribution in [0.3, 0.4) is 0 Å². The van der Waals surface area contributed by atoms with Gasteiger partial charge in [0, 0.05) is 44.9 Å². The summed E-state index contributed by atoms with van der Waals surface area (Å²) in [6, 6.07) is 6.17. The van der Waals surface area contributed by atoms with Crippen molar-refractivity contribution in [2.45, 2.75) is 31.7 Å². The highest BCUT2D eigenvalue weighted by Crippen LogP contribution is 2.30. The Morgan fingerprint density at radius 3 is 2.76 bits per heavy atom. The van der Waals surface area contributed by atoms with Crippen molar-refractivity contribution < 1.29 is 9.53 Å². The monoisotopic (exact) mass is 365 g/mol. The molecule has 0 saturated carbocycles. The predicted octanol–water partition coefficient (Wildman–Crippen LogP) is 3.24. The topological polar surface area (TPSA) is 44.8 Å². The van der Waals surface area contributed by atoms with E-state index in [0.29, 0.717) is 11.1 Å². The van der Waals surface area contributed by atoms with Crippen LogP contribution in [0.15, 0.2) is 18.2 Å². The largest absolute Gasteiger partial charge is 0.381 e. The van der Waals surface area contributed by atoms with Crippen molar-refractivity contribution in [3.05, 3.63) is 23.2 Å². The van der Waals surface area contributed by atoms with Gasteiger partial charge < -0.3 is 15.0 Å². The first kappa shape index (κ1) is 18.5. The molecule has 0 spiro atoms. The molecule has 2 saturated heterocycles. The van der Waals surface area contributed by atoms with Gasteiger partial charge in [-0.2, -0.15) is 0 Å². The third kappa shape index (κ3) is 4.66. The molecule has 1 aromatic carbocycles. The van der Waals surface area contributed by atoms with Crippen molar-refractivity contribution in [3.8, 4) is 0 Å². The summed E-state index contributed by atoms with van der Waals surface area (Å²) in [5, 5.41) is 3.74. The molecule has 2 fully saturated rings. The highest BCUT2D eigenvalue weighted by molar-refractivity contribution is 6.31. The number of nitrogens with zero attached hydrogens (tertiary/aromatic N) is 2. The van der Waals surface area contributed by atoms with E-state index in [0.717, 1.165) is 63.4 Å².